The van der Waals surface area contributed by atoms with Gasteiger partial charge in [0.05, 0.1) is 11.1 Å². The molecule has 0 heterocycles. The molecule has 0 spiro atoms. The first kappa shape index (κ1) is 14.0. The summed E-state index contributed by atoms with van der Waals surface area (Å²) in [5.74, 6) is -0.358. The van der Waals surface area contributed by atoms with Gasteiger partial charge in [-0.3, -0.25) is 0 Å². The third kappa shape index (κ3) is 2.96. The van der Waals surface area contributed by atoms with E-state index in [1.807, 2.05) is 19.2 Å². The Morgan fingerprint density at radius 2 is 1.84 bits per heavy atom. The second-order valence-corrected chi connectivity index (χ2v) is 4.87. The van der Waals surface area contributed by atoms with E-state index in [2.05, 4.69) is 24.4 Å². The van der Waals surface area contributed by atoms with Crippen LogP contribution in [0.15, 0.2) is 42.5 Å². The van der Waals surface area contributed by atoms with Crippen LogP contribution in [-0.2, 0) is 6.42 Å². The molecule has 2 aromatic carbocycles. The largest absolute Gasteiger partial charge is 0.309 e. The van der Waals surface area contributed by atoms with E-state index in [1.54, 1.807) is 18.2 Å². The van der Waals surface area contributed by atoms with E-state index in [4.69, 9.17) is 11.6 Å². The average Bonchev–Trinajstić information content (AvgIpc) is 2.45. The van der Waals surface area contributed by atoms with E-state index in [9.17, 15) is 4.39 Å². The van der Waals surface area contributed by atoms with Gasteiger partial charge < -0.3 is 5.32 Å². The van der Waals surface area contributed by atoms with Crippen LogP contribution in [0.5, 0.6) is 0 Å². The third-order valence-electron chi connectivity index (χ3n) is 3.30. The molecule has 1 unspecified atom stereocenters. The Balaban J connectivity index is 2.40. The van der Waals surface area contributed by atoms with Crippen LogP contribution < -0.4 is 5.32 Å². The molecule has 19 heavy (non-hydrogen) atoms. The van der Waals surface area contributed by atoms with Crippen molar-refractivity contribution in [1.29, 1.82) is 0 Å². The Bertz CT molecular complexity index is 551. The summed E-state index contributed by atoms with van der Waals surface area (Å²) in [5, 5.41) is 3.30. The predicted molar refractivity (Wildman–Crippen MR) is 78.1 cm³/mol. The molecule has 0 aliphatic carbocycles. The summed E-state index contributed by atoms with van der Waals surface area (Å²) in [4.78, 5) is 0. The molecule has 2 aromatic rings. The third-order valence-corrected chi connectivity index (χ3v) is 3.59. The van der Waals surface area contributed by atoms with Gasteiger partial charge in [-0.1, -0.05) is 54.9 Å². The summed E-state index contributed by atoms with van der Waals surface area (Å²) in [6, 6.07) is 13.1. The van der Waals surface area contributed by atoms with Crippen LogP contribution in [0.2, 0.25) is 5.02 Å². The summed E-state index contributed by atoms with van der Waals surface area (Å²) in [6.07, 6.45) is 0.996. The molecule has 0 saturated carbocycles. The van der Waals surface area contributed by atoms with E-state index < -0.39 is 0 Å². The van der Waals surface area contributed by atoms with Gasteiger partial charge in [0, 0.05) is 5.56 Å². The number of nitrogens with one attached hydrogen (secondary N) is 1. The van der Waals surface area contributed by atoms with Gasteiger partial charge >= 0.3 is 0 Å². The fourth-order valence-electron chi connectivity index (χ4n) is 2.19. The SMILES string of the molecule is CCc1ccc(C(NC)c2cccc(Cl)c2F)cc1. The van der Waals surface area contributed by atoms with Crippen LogP contribution in [0.1, 0.15) is 29.7 Å². The quantitative estimate of drug-likeness (QED) is 0.876. The topological polar surface area (TPSA) is 12.0 Å². The maximum Gasteiger partial charge on any atom is 0.146 e. The van der Waals surface area contributed by atoms with E-state index in [-0.39, 0.29) is 16.9 Å². The van der Waals surface area contributed by atoms with Crippen molar-refractivity contribution in [2.45, 2.75) is 19.4 Å². The molecule has 1 nitrogen and oxygen atoms in total. The highest BCUT2D eigenvalue weighted by Gasteiger charge is 2.17. The molecule has 100 valence electrons. The summed E-state index contributed by atoms with van der Waals surface area (Å²) in [5.41, 5.74) is 2.87. The molecule has 0 fully saturated rings. The smallest absolute Gasteiger partial charge is 0.146 e. The Labute approximate surface area is 118 Å². The minimum atomic E-state index is -0.358. The highest BCUT2D eigenvalue weighted by Crippen LogP contribution is 2.28. The molecule has 0 aromatic heterocycles. The van der Waals surface area contributed by atoms with Gasteiger partial charge in [0.25, 0.3) is 0 Å². The lowest BCUT2D eigenvalue weighted by Gasteiger charge is -2.18. The van der Waals surface area contributed by atoms with Crippen molar-refractivity contribution in [2.24, 2.45) is 0 Å². The van der Waals surface area contributed by atoms with Gasteiger partial charge in [0.1, 0.15) is 5.82 Å². The van der Waals surface area contributed by atoms with Crippen LogP contribution in [0.4, 0.5) is 4.39 Å². The molecule has 0 aliphatic heterocycles. The van der Waals surface area contributed by atoms with Crippen LogP contribution in [0.25, 0.3) is 0 Å². The summed E-state index contributed by atoms with van der Waals surface area (Å²) < 4.78 is 14.1. The molecule has 0 amide bonds. The zero-order valence-electron chi connectivity index (χ0n) is 11.1. The maximum atomic E-state index is 14.1. The Morgan fingerprint density at radius 1 is 1.16 bits per heavy atom. The van der Waals surface area contributed by atoms with Gasteiger partial charge in [-0.05, 0) is 30.7 Å². The van der Waals surface area contributed by atoms with E-state index in [0.29, 0.717) is 5.56 Å². The highest BCUT2D eigenvalue weighted by molar-refractivity contribution is 6.30. The van der Waals surface area contributed by atoms with Crippen molar-refractivity contribution in [1.82, 2.24) is 5.32 Å². The van der Waals surface area contributed by atoms with Crippen molar-refractivity contribution >= 4 is 11.6 Å². The molecule has 0 aliphatic rings. The minimum absolute atomic E-state index is 0.155. The van der Waals surface area contributed by atoms with Gasteiger partial charge in [0.2, 0.25) is 0 Å². The maximum absolute atomic E-state index is 14.1. The lowest BCUT2D eigenvalue weighted by molar-refractivity contribution is 0.576. The summed E-state index contributed by atoms with van der Waals surface area (Å²) >= 11 is 5.85. The Kier molecular flexibility index (Phi) is 4.56. The molecule has 3 heteroatoms. The van der Waals surface area contributed by atoms with Gasteiger partial charge in [0.15, 0.2) is 0 Å². The number of hydrogen-bond donors (Lipinski definition) is 1. The molecule has 1 N–H and O–H groups in total. The van der Waals surface area contributed by atoms with Crippen molar-refractivity contribution in [3.63, 3.8) is 0 Å². The van der Waals surface area contributed by atoms with Crippen LogP contribution in [0.3, 0.4) is 0 Å². The van der Waals surface area contributed by atoms with E-state index >= 15 is 0 Å². The normalized spacial score (nSPS) is 12.4. The molecule has 0 radical (unpaired) electrons. The Morgan fingerprint density at radius 3 is 2.42 bits per heavy atom. The molecular formula is C16H17ClFN. The zero-order chi connectivity index (χ0) is 13.8. The standard InChI is InChI=1S/C16H17ClFN/c1-3-11-7-9-12(10-8-11)16(19-2)13-5-4-6-14(17)15(13)18/h4-10,16,19H,3H2,1-2H3. The lowest BCUT2D eigenvalue weighted by atomic mass is 9.97. The first-order valence-electron chi connectivity index (χ1n) is 6.37. The van der Waals surface area contributed by atoms with Gasteiger partial charge in [-0.15, -0.1) is 0 Å². The van der Waals surface area contributed by atoms with Crippen molar-refractivity contribution in [3.8, 4) is 0 Å². The second-order valence-electron chi connectivity index (χ2n) is 4.46. The fraction of sp³-hybridized carbons (Fsp3) is 0.250. The van der Waals surface area contributed by atoms with Crippen LogP contribution in [-0.4, -0.2) is 7.05 Å². The van der Waals surface area contributed by atoms with Crippen molar-refractivity contribution < 1.29 is 4.39 Å². The summed E-state index contributed by atoms with van der Waals surface area (Å²) in [7, 11) is 1.82. The zero-order valence-corrected chi connectivity index (χ0v) is 11.8. The Hall–Kier alpha value is -1.38. The number of hydrogen-bond acceptors (Lipinski definition) is 1. The van der Waals surface area contributed by atoms with E-state index in [0.717, 1.165) is 12.0 Å². The van der Waals surface area contributed by atoms with E-state index in [1.165, 1.54) is 5.56 Å². The number of aryl methyl sites for hydroxylation is 1. The number of benzene rings is 2. The minimum Gasteiger partial charge on any atom is -0.309 e. The fourth-order valence-corrected chi connectivity index (χ4v) is 2.37. The molecule has 0 saturated heterocycles. The first-order valence-corrected chi connectivity index (χ1v) is 6.75. The van der Waals surface area contributed by atoms with Crippen LogP contribution in [0, 0.1) is 5.82 Å². The van der Waals surface area contributed by atoms with Crippen molar-refractivity contribution in [3.05, 3.63) is 70.0 Å². The molecule has 2 rings (SSSR count). The summed E-state index contributed by atoms with van der Waals surface area (Å²) in [6.45, 7) is 2.11. The average molecular weight is 278 g/mol. The monoisotopic (exact) mass is 277 g/mol. The van der Waals surface area contributed by atoms with Crippen LogP contribution >= 0.6 is 11.6 Å². The van der Waals surface area contributed by atoms with Gasteiger partial charge in [-0.2, -0.15) is 0 Å². The molecular weight excluding hydrogens is 261 g/mol. The number of rotatable bonds is 4. The molecule has 0 bridgehead atoms. The second kappa shape index (κ2) is 6.18. The highest BCUT2D eigenvalue weighted by atomic mass is 35.5. The number of halogens is 2. The first-order chi connectivity index (χ1) is 9.17. The van der Waals surface area contributed by atoms with Crippen molar-refractivity contribution in [2.75, 3.05) is 7.05 Å². The van der Waals surface area contributed by atoms with Gasteiger partial charge in [-0.25, -0.2) is 4.39 Å². The molecule has 1 atom stereocenters. The lowest BCUT2D eigenvalue weighted by Crippen LogP contribution is -2.19. The predicted octanol–water partition coefficient (Wildman–Crippen LogP) is 4.35.